The minimum absolute atomic E-state index is 0.0661. The van der Waals surface area contributed by atoms with Gasteiger partial charge < -0.3 is 5.32 Å². The molecule has 0 aliphatic rings. The molecular formula is C15H13F5N6O. The Bertz CT molecular complexity index is 1010. The van der Waals surface area contributed by atoms with E-state index in [1.54, 1.807) is 13.2 Å². The Morgan fingerprint density at radius 1 is 1.22 bits per heavy atom. The maximum atomic E-state index is 13.8. The summed E-state index contributed by atoms with van der Waals surface area (Å²) in [5, 5.41) is 10.00. The Balaban J connectivity index is 1.95. The van der Waals surface area contributed by atoms with Crippen LogP contribution in [0.15, 0.2) is 24.5 Å². The number of carbonyl (C=O) groups is 1. The third kappa shape index (κ3) is 3.46. The Labute approximate surface area is 148 Å². The number of amides is 1. The van der Waals surface area contributed by atoms with Crippen LogP contribution in [0.2, 0.25) is 0 Å². The smallest absolute Gasteiger partial charge is 0.346 e. The molecule has 0 aliphatic carbocycles. The molecule has 7 nitrogen and oxygen atoms in total. The average molecular weight is 388 g/mol. The fourth-order valence-corrected chi connectivity index (χ4v) is 2.42. The average Bonchev–Trinajstić information content (AvgIpc) is 3.16. The summed E-state index contributed by atoms with van der Waals surface area (Å²) in [5.74, 6) is -5.91. The van der Waals surface area contributed by atoms with Crippen molar-refractivity contribution in [1.82, 2.24) is 29.7 Å². The summed E-state index contributed by atoms with van der Waals surface area (Å²) in [6, 6.07) is 1.63. The summed E-state index contributed by atoms with van der Waals surface area (Å²) in [5.41, 5.74) is -1.43. The Kier molecular flexibility index (Phi) is 4.36. The number of carbonyl (C=O) groups excluding carboxylic acids is 1. The van der Waals surface area contributed by atoms with Crippen LogP contribution in [-0.4, -0.2) is 36.5 Å². The predicted octanol–water partition coefficient (Wildman–Crippen LogP) is 2.36. The van der Waals surface area contributed by atoms with Crippen LogP contribution >= 0.6 is 0 Å². The fourth-order valence-electron chi connectivity index (χ4n) is 2.42. The normalized spacial score (nSPS) is 12.6. The van der Waals surface area contributed by atoms with Crippen molar-refractivity contribution in [3.8, 4) is 0 Å². The van der Waals surface area contributed by atoms with E-state index in [9.17, 15) is 26.7 Å². The molecule has 12 heteroatoms. The molecule has 0 unspecified atom stereocenters. The quantitative estimate of drug-likeness (QED) is 0.697. The van der Waals surface area contributed by atoms with E-state index in [4.69, 9.17) is 0 Å². The van der Waals surface area contributed by atoms with Crippen LogP contribution in [0.4, 0.5) is 22.0 Å². The molecule has 0 saturated carbocycles. The van der Waals surface area contributed by atoms with Crippen LogP contribution in [-0.2, 0) is 19.5 Å². The first-order valence-corrected chi connectivity index (χ1v) is 7.57. The standard InChI is InChI=1S/C15H13F5N6O/c1-8-3-11(14(16,17)15(18,19)20)26-12(23-8)4-10(24-26)13(27)21-5-9-6-22-25(2)7-9/h3-4,6-7H,5H2,1-2H3,(H,21,27). The lowest BCUT2D eigenvalue weighted by Gasteiger charge is -2.20. The molecule has 1 amide bonds. The van der Waals surface area contributed by atoms with Crippen molar-refractivity contribution < 1.29 is 26.7 Å². The van der Waals surface area contributed by atoms with Crippen molar-refractivity contribution in [1.29, 1.82) is 0 Å². The van der Waals surface area contributed by atoms with Crippen LogP contribution in [0.25, 0.3) is 5.65 Å². The number of fused-ring (bicyclic) bond motifs is 1. The van der Waals surface area contributed by atoms with Gasteiger partial charge in [-0.05, 0) is 13.0 Å². The number of aromatic nitrogens is 5. The minimum atomic E-state index is -5.82. The highest BCUT2D eigenvalue weighted by Crippen LogP contribution is 2.43. The Hall–Kier alpha value is -3.05. The Morgan fingerprint density at radius 3 is 2.52 bits per heavy atom. The summed E-state index contributed by atoms with van der Waals surface area (Å²) >= 11 is 0. The second kappa shape index (κ2) is 6.28. The maximum Gasteiger partial charge on any atom is 0.459 e. The van der Waals surface area contributed by atoms with Crippen molar-refractivity contribution in [2.45, 2.75) is 25.6 Å². The monoisotopic (exact) mass is 388 g/mol. The lowest BCUT2D eigenvalue weighted by Crippen LogP contribution is -2.36. The maximum absolute atomic E-state index is 13.8. The number of aryl methyl sites for hydroxylation is 2. The molecule has 0 saturated heterocycles. The van der Waals surface area contributed by atoms with Crippen molar-refractivity contribution in [3.05, 3.63) is 47.2 Å². The van der Waals surface area contributed by atoms with Crippen LogP contribution in [0, 0.1) is 6.92 Å². The number of alkyl halides is 5. The summed E-state index contributed by atoms with van der Waals surface area (Å²) in [6.45, 7) is 1.35. The molecule has 0 radical (unpaired) electrons. The van der Waals surface area contributed by atoms with Gasteiger partial charge in [0.05, 0.1) is 6.20 Å². The first-order chi connectivity index (χ1) is 12.5. The molecule has 1 N–H and O–H groups in total. The predicted molar refractivity (Wildman–Crippen MR) is 82.1 cm³/mol. The zero-order chi connectivity index (χ0) is 20.0. The van der Waals surface area contributed by atoms with Crippen LogP contribution in [0.5, 0.6) is 0 Å². The SMILES string of the molecule is Cc1cc(C(F)(F)C(F)(F)F)n2nc(C(=O)NCc3cnn(C)c3)cc2n1. The van der Waals surface area contributed by atoms with Gasteiger partial charge in [0.2, 0.25) is 0 Å². The van der Waals surface area contributed by atoms with Crippen molar-refractivity contribution in [3.63, 3.8) is 0 Å². The fraction of sp³-hybridized carbons (Fsp3) is 0.333. The minimum Gasteiger partial charge on any atom is -0.346 e. The number of nitrogens with zero attached hydrogens (tertiary/aromatic N) is 5. The highest BCUT2D eigenvalue weighted by atomic mass is 19.4. The van der Waals surface area contributed by atoms with Gasteiger partial charge in [0.1, 0.15) is 5.69 Å². The van der Waals surface area contributed by atoms with Gasteiger partial charge >= 0.3 is 12.1 Å². The summed E-state index contributed by atoms with van der Waals surface area (Å²) < 4.78 is 67.8. The number of halogens is 5. The van der Waals surface area contributed by atoms with Gasteiger partial charge in [0.25, 0.3) is 5.91 Å². The summed E-state index contributed by atoms with van der Waals surface area (Å²) in [7, 11) is 1.68. The third-order valence-electron chi connectivity index (χ3n) is 3.68. The van der Waals surface area contributed by atoms with Crippen molar-refractivity contribution in [2.75, 3.05) is 0 Å². The van der Waals surface area contributed by atoms with Crippen molar-refractivity contribution in [2.24, 2.45) is 7.05 Å². The molecule has 0 bridgehead atoms. The van der Waals surface area contributed by atoms with E-state index in [2.05, 4.69) is 20.5 Å². The van der Waals surface area contributed by atoms with E-state index in [1.165, 1.54) is 17.8 Å². The lowest BCUT2D eigenvalue weighted by molar-refractivity contribution is -0.291. The molecule has 144 valence electrons. The van der Waals surface area contributed by atoms with Gasteiger partial charge in [-0.2, -0.15) is 32.1 Å². The van der Waals surface area contributed by atoms with E-state index >= 15 is 0 Å². The van der Waals surface area contributed by atoms with Crippen LogP contribution in [0.3, 0.4) is 0 Å². The molecule has 3 aromatic heterocycles. The van der Waals surface area contributed by atoms with E-state index in [0.717, 1.165) is 6.07 Å². The molecule has 0 atom stereocenters. The Morgan fingerprint density at radius 2 is 1.93 bits per heavy atom. The molecule has 27 heavy (non-hydrogen) atoms. The topological polar surface area (TPSA) is 77.1 Å². The van der Waals surface area contributed by atoms with Gasteiger partial charge in [-0.25, -0.2) is 9.50 Å². The lowest BCUT2D eigenvalue weighted by atomic mass is 10.2. The van der Waals surface area contributed by atoms with Gasteiger partial charge in [0, 0.05) is 37.1 Å². The molecule has 3 aromatic rings. The zero-order valence-electron chi connectivity index (χ0n) is 14.1. The molecular weight excluding hydrogens is 375 g/mol. The molecule has 0 aromatic carbocycles. The van der Waals surface area contributed by atoms with Gasteiger partial charge in [-0.15, -0.1) is 0 Å². The zero-order valence-corrected chi connectivity index (χ0v) is 14.1. The summed E-state index contributed by atoms with van der Waals surface area (Å²) in [6.07, 6.45) is -2.66. The van der Waals surface area contributed by atoms with Gasteiger partial charge in [0.15, 0.2) is 11.3 Å². The second-order valence-corrected chi connectivity index (χ2v) is 5.86. The van der Waals surface area contributed by atoms with E-state index in [0.29, 0.717) is 16.1 Å². The van der Waals surface area contributed by atoms with Crippen molar-refractivity contribution >= 4 is 11.6 Å². The van der Waals surface area contributed by atoms with E-state index < -0.39 is 23.7 Å². The second-order valence-electron chi connectivity index (χ2n) is 5.86. The molecule has 3 heterocycles. The van der Waals surface area contributed by atoms with Crippen LogP contribution < -0.4 is 5.32 Å². The van der Waals surface area contributed by atoms with E-state index in [-0.39, 0.29) is 23.6 Å². The summed E-state index contributed by atoms with van der Waals surface area (Å²) in [4.78, 5) is 16.0. The highest BCUT2D eigenvalue weighted by Gasteiger charge is 2.60. The highest BCUT2D eigenvalue weighted by molar-refractivity contribution is 5.93. The van der Waals surface area contributed by atoms with Gasteiger partial charge in [-0.1, -0.05) is 0 Å². The third-order valence-corrected chi connectivity index (χ3v) is 3.68. The molecule has 0 spiro atoms. The number of hydrogen-bond acceptors (Lipinski definition) is 4. The molecule has 0 aliphatic heterocycles. The van der Waals surface area contributed by atoms with Gasteiger partial charge in [-0.3, -0.25) is 9.48 Å². The van der Waals surface area contributed by atoms with Crippen LogP contribution in [0.1, 0.15) is 27.4 Å². The number of hydrogen-bond donors (Lipinski definition) is 1. The number of nitrogens with one attached hydrogen (secondary N) is 1. The van der Waals surface area contributed by atoms with E-state index in [1.807, 2.05) is 0 Å². The largest absolute Gasteiger partial charge is 0.459 e. The molecule has 0 fully saturated rings. The molecule has 3 rings (SSSR count). The first-order valence-electron chi connectivity index (χ1n) is 7.57. The first kappa shape index (κ1) is 18.7. The number of rotatable bonds is 4.